The fraction of sp³-hybridized carbons (Fsp3) is 0.909. The van der Waals surface area contributed by atoms with Crippen LogP contribution in [0.15, 0.2) is 4.99 Å². The van der Waals surface area contributed by atoms with Gasteiger partial charge in [0.15, 0.2) is 5.96 Å². The van der Waals surface area contributed by atoms with Crippen LogP contribution in [0.5, 0.6) is 0 Å². The first-order valence-corrected chi connectivity index (χ1v) is 13.1. The Bertz CT molecular complexity index is 558. The van der Waals surface area contributed by atoms with E-state index in [9.17, 15) is 4.79 Å². The third-order valence-corrected chi connectivity index (χ3v) is 7.86. The molecule has 2 aliphatic heterocycles. The van der Waals surface area contributed by atoms with Crippen LogP contribution >= 0.6 is 35.7 Å². The van der Waals surface area contributed by atoms with Crippen molar-refractivity contribution >= 4 is 47.6 Å². The Kier molecular flexibility index (Phi) is 12.3. The molecule has 0 atom stereocenters. The highest BCUT2D eigenvalue weighted by molar-refractivity contribution is 14.0. The van der Waals surface area contributed by atoms with E-state index in [1.54, 1.807) is 7.05 Å². The highest BCUT2D eigenvalue weighted by Crippen LogP contribution is 2.35. The van der Waals surface area contributed by atoms with Crippen molar-refractivity contribution in [1.29, 1.82) is 0 Å². The van der Waals surface area contributed by atoms with Gasteiger partial charge < -0.3 is 16.0 Å². The Morgan fingerprint density at radius 3 is 2.39 bits per heavy atom. The minimum absolute atomic E-state index is 0. The smallest absolute Gasteiger partial charge is 0.233 e. The zero-order valence-electron chi connectivity index (χ0n) is 19.5. The number of aliphatic imine (C=N–C) groups is 1. The molecule has 0 unspecified atom stereocenters. The van der Waals surface area contributed by atoms with Crippen LogP contribution < -0.4 is 16.0 Å². The fourth-order valence-corrected chi connectivity index (χ4v) is 5.98. The molecule has 3 rings (SSSR count). The van der Waals surface area contributed by atoms with Gasteiger partial charge in [-0.05, 0) is 32.6 Å². The number of hydrogen-bond donors (Lipinski definition) is 3. The zero-order chi connectivity index (χ0) is 21.2. The predicted molar refractivity (Wildman–Crippen MR) is 143 cm³/mol. The zero-order valence-corrected chi connectivity index (χ0v) is 22.6. The number of likely N-dealkylation sites (tertiary alicyclic amines) is 1. The summed E-state index contributed by atoms with van der Waals surface area (Å²) in [4.78, 5) is 21.7. The van der Waals surface area contributed by atoms with Crippen LogP contribution in [-0.2, 0) is 4.79 Å². The lowest BCUT2D eigenvalue weighted by Gasteiger charge is -2.47. The molecule has 3 fully saturated rings. The second-order valence-electron chi connectivity index (χ2n) is 8.95. The third-order valence-electron chi connectivity index (χ3n) is 6.92. The molecule has 1 aliphatic carbocycles. The lowest BCUT2D eigenvalue weighted by molar-refractivity contribution is -0.122. The predicted octanol–water partition coefficient (Wildman–Crippen LogP) is 2.12. The Morgan fingerprint density at radius 1 is 1.10 bits per heavy atom. The summed E-state index contributed by atoms with van der Waals surface area (Å²) in [7, 11) is 1.71. The van der Waals surface area contributed by atoms with E-state index in [0.29, 0.717) is 12.6 Å². The van der Waals surface area contributed by atoms with Gasteiger partial charge in [-0.1, -0.05) is 19.3 Å². The topological polar surface area (TPSA) is 72.0 Å². The van der Waals surface area contributed by atoms with Crippen molar-refractivity contribution in [2.24, 2.45) is 4.99 Å². The molecule has 2 heterocycles. The number of rotatable bonds is 7. The lowest BCUT2D eigenvalue weighted by Crippen LogP contribution is -2.56. The van der Waals surface area contributed by atoms with Crippen molar-refractivity contribution in [2.75, 3.05) is 64.4 Å². The number of piperidine rings is 1. The first-order valence-electron chi connectivity index (χ1n) is 12.0. The molecule has 0 radical (unpaired) electrons. The molecule has 0 bridgehead atoms. The van der Waals surface area contributed by atoms with E-state index in [1.807, 2.05) is 0 Å². The second kappa shape index (κ2) is 14.1. The molecule has 2 saturated heterocycles. The van der Waals surface area contributed by atoms with Crippen molar-refractivity contribution in [1.82, 2.24) is 25.8 Å². The Morgan fingerprint density at radius 2 is 1.77 bits per heavy atom. The van der Waals surface area contributed by atoms with Gasteiger partial charge in [0, 0.05) is 62.9 Å². The number of hydrogen-bond acceptors (Lipinski definition) is 5. The van der Waals surface area contributed by atoms with Gasteiger partial charge in [-0.25, -0.2) is 0 Å². The van der Waals surface area contributed by atoms with Crippen molar-refractivity contribution < 1.29 is 4.79 Å². The van der Waals surface area contributed by atoms with E-state index < -0.39 is 0 Å². The van der Waals surface area contributed by atoms with Crippen LogP contribution in [-0.4, -0.2) is 97.6 Å². The largest absolute Gasteiger partial charge is 0.358 e. The summed E-state index contributed by atoms with van der Waals surface area (Å²) >= 11 is 2.09. The molecule has 1 saturated carbocycles. The van der Waals surface area contributed by atoms with Crippen molar-refractivity contribution in [3.63, 3.8) is 0 Å². The number of carbonyl (C=O) groups is 1. The molecule has 0 aromatic rings. The van der Waals surface area contributed by atoms with Crippen LogP contribution in [0.3, 0.4) is 0 Å². The fourth-order valence-electron chi connectivity index (χ4n) is 5.08. The van der Waals surface area contributed by atoms with Gasteiger partial charge in [0.2, 0.25) is 5.91 Å². The molecule has 3 N–H and O–H groups in total. The molecule has 7 nitrogen and oxygen atoms in total. The maximum atomic E-state index is 11.6. The van der Waals surface area contributed by atoms with Crippen LogP contribution in [0.25, 0.3) is 0 Å². The summed E-state index contributed by atoms with van der Waals surface area (Å²) in [6.07, 6.45) is 8.74. The quantitative estimate of drug-likeness (QED) is 0.249. The van der Waals surface area contributed by atoms with Gasteiger partial charge in [0.05, 0.1) is 13.1 Å². The van der Waals surface area contributed by atoms with E-state index in [-0.39, 0.29) is 35.4 Å². The highest BCUT2D eigenvalue weighted by atomic mass is 127. The van der Waals surface area contributed by atoms with Gasteiger partial charge in [-0.3, -0.25) is 19.6 Å². The van der Waals surface area contributed by atoms with E-state index in [2.05, 4.69) is 44.4 Å². The summed E-state index contributed by atoms with van der Waals surface area (Å²) in [6, 6.07) is 0.428. The van der Waals surface area contributed by atoms with Crippen molar-refractivity contribution in [2.45, 2.75) is 63.5 Å². The average Bonchev–Trinajstić information content (AvgIpc) is 2.80. The third kappa shape index (κ3) is 8.23. The number of nitrogens with one attached hydrogen (secondary N) is 3. The Balaban J connectivity index is 0.00000341. The lowest BCUT2D eigenvalue weighted by atomic mass is 9.80. The Hall–Kier alpha value is -0.260. The molecule has 0 aromatic carbocycles. The van der Waals surface area contributed by atoms with E-state index >= 15 is 0 Å². The molecule has 0 aromatic heterocycles. The van der Waals surface area contributed by atoms with Crippen molar-refractivity contribution in [3.8, 4) is 0 Å². The summed E-state index contributed by atoms with van der Waals surface area (Å²) in [5, 5.41) is 9.89. The summed E-state index contributed by atoms with van der Waals surface area (Å²) in [6.45, 7) is 8.79. The van der Waals surface area contributed by atoms with Crippen LogP contribution in [0.1, 0.15) is 51.9 Å². The molecule has 1 amide bonds. The molecule has 0 spiro atoms. The number of likely N-dealkylation sites (N-methyl/N-ethyl adjacent to an activating group) is 1. The van der Waals surface area contributed by atoms with Crippen LogP contribution in [0.4, 0.5) is 0 Å². The van der Waals surface area contributed by atoms with Gasteiger partial charge in [0.25, 0.3) is 0 Å². The first kappa shape index (κ1) is 27.0. The maximum Gasteiger partial charge on any atom is 0.233 e. The summed E-state index contributed by atoms with van der Waals surface area (Å²) in [5.74, 6) is 3.60. The number of nitrogens with zero attached hydrogens (tertiary/aromatic N) is 3. The molecule has 31 heavy (non-hydrogen) atoms. The minimum Gasteiger partial charge on any atom is -0.358 e. The van der Waals surface area contributed by atoms with Gasteiger partial charge in [-0.2, -0.15) is 11.8 Å². The Labute approximate surface area is 210 Å². The summed E-state index contributed by atoms with van der Waals surface area (Å²) < 4.78 is 0. The normalized spacial score (nSPS) is 23.6. The molecule has 180 valence electrons. The van der Waals surface area contributed by atoms with Crippen molar-refractivity contribution in [3.05, 3.63) is 0 Å². The standard InChI is InChI=1S/C22H42N6OS.HI/c1-3-24-21(26-19-7-11-27(12-8-19)17-20(29)23-2)25-18-22(9-5-4-6-10-22)28-13-15-30-16-14-28;/h19H,3-18H2,1-2H3,(H,23,29)(H2,24,25,26);1H. The molecule has 3 aliphatic rings. The molecule has 9 heteroatoms. The van der Waals surface area contributed by atoms with Gasteiger partial charge >= 0.3 is 0 Å². The van der Waals surface area contributed by atoms with Gasteiger partial charge in [-0.15, -0.1) is 24.0 Å². The minimum atomic E-state index is 0. The molecular formula is C22H43IN6OS. The number of guanidine groups is 1. The number of thioether (sulfide) groups is 1. The monoisotopic (exact) mass is 566 g/mol. The molecular weight excluding hydrogens is 523 g/mol. The van der Waals surface area contributed by atoms with E-state index in [4.69, 9.17) is 4.99 Å². The van der Waals surface area contributed by atoms with E-state index in [1.165, 1.54) is 56.7 Å². The number of carbonyl (C=O) groups excluding carboxylic acids is 1. The highest BCUT2D eigenvalue weighted by Gasteiger charge is 2.38. The van der Waals surface area contributed by atoms with Crippen LogP contribution in [0.2, 0.25) is 0 Å². The first-order chi connectivity index (χ1) is 14.6. The van der Waals surface area contributed by atoms with E-state index in [0.717, 1.165) is 45.0 Å². The second-order valence-corrected chi connectivity index (χ2v) is 10.2. The SMILES string of the molecule is CCNC(=NCC1(N2CCSCC2)CCCCC1)NC1CCN(CC(=O)NC)CC1.I. The van der Waals surface area contributed by atoms with Gasteiger partial charge in [0.1, 0.15) is 0 Å². The number of amides is 1. The van der Waals surface area contributed by atoms with Crippen LogP contribution in [0, 0.1) is 0 Å². The maximum absolute atomic E-state index is 11.6. The number of halogens is 1. The average molecular weight is 567 g/mol. The summed E-state index contributed by atoms with van der Waals surface area (Å²) in [5.41, 5.74) is 0.262.